The molecular weight excluding hydrogens is 615 g/mol. The van der Waals surface area contributed by atoms with Gasteiger partial charge in [-0.3, -0.25) is 19.3 Å². The van der Waals surface area contributed by atoms with E-state index in [0.717, 1.165) is 4.90 Å². The molecule has 0 atom stereocenters. The van der Waals surface area contributed by atoms with Crippen molar-refractivity contribution in [2.45, 2.75) is 18.4 Å². The van der Waals surface area contributed by atoms with E-state index in [2.05, 4.69) is 21.2 Å². The lowest BCUT2D eigenvalue weighted by Gasteiger charge is -2.14. The van der Waals surface area contributed by atoms with Crippen molar-refractivity contribution in [1.82, 2.24) is 4.90 Å². The molecule has 1 heterocycles. The lowest BCUT2D eigenvalue weighted by atomic mass is 10.1. The zero-order valence-corrected chi connectivity index (χ0v) is 23.7. The summed E-state index contributed by atoms with van der Waals surface area (Å²) in [6, 6.07) is 14.2. The van der Waals surface area contributed by atoms with Gasteiger partial charge in [-0.05, 0) is 81.8 Å². The van der Waals surface area contributed by atoms with Gasteiger partial charge in [-0.2, -0.15) is 8.42 Å². The number of nitrogens with zero attached hydrogens (tertiary/aromatic N) is 1. The summed E-state index contributed by atoms with van der Waals surface area (Å²) in [6.07, 6.45) is 1.44. The first-order valence-electron chi connectivity index (χ1n) is 11.2. The Hall–Kier alpha value is -3.68. The second-order valence-electron chi connectivity index (χ2n) is 8.14. The highest BCUT2D eigenvalue weighted by atomic mass is 79.9. The molecule has 3 aromatic rings. The molecule has 3 amide bonds. The van der Waals surface area contributed by atoms with Crippen LogP contribution in [0.4, 0.5) is 14.9 Å². The van der Waals surface area contributed by atoms with E-state index in [0.29, 0.717) is 23.0 Å². The number of imide groups is 1. The molecule has 1 saturated heterocycles. The topological polar surface area (TPSA) is 119 Å². The SMILES string of the molecule is COc1cc(/C=C2\SC(=O)N(Cc3ccccc3F)C2=O)cc(Br)c1OS(=O)(=O)c1ccc(NC(C)=O)cc1. The van der Waals surface area contributed by atoms with E-state index in [1.54, 1.807) is 6.07 Å². The Kier molecular flexibility index (Phi) is 8.42. The van der Waals surface area contributed by atoms with Crippen LogP contribution in [0.3, 0.4) is 0 Å². The smallest absolute Gasteiger partial charge is 0.339 e. The number of thioether (sulfide) groups is 1. The number of rotatable bonds is 8. The van der Waals surface area contributed by atoms with Gasteiger partial charge in [-0.25, -0.2) is 4.39 Å². The first-order valence-corrected chi connectivity index (χ1v) is 14.2. The molecule has 3 aromatic carbocycles. The molecule has 202 valence electrons. The highest BCUT2D eigenvalue weighted by Crippen LogP contribution is 2.40. The van der Waals surface area contributed by atoms with E-state index in [9.17, 15) is 27.2 Å². The van der Waals surface area contributed by atoms with Crippen LogP contribution in [0.15, 0.2) is 74.9 Å². The molecule has 0 saturated carbocycles. The molecule has 0 aliphatic carbocycles. The van der Waals surface area contributed by atoms with Gasteiger partial charge in [-0.1, -0.05) is 18.2 Å². The van der Waals surface area contributed by atoms with E-state index < -0.39 is 27.1 Å². The van der Waals surface area contributed by atoms with Crippen LogP contribution >= 0.6 is 27.7 Å². The number of nitrogens with one attached hydrogen (secondary N) is 1. The Bertz CT molecular complexity index is 1610. The quantitative estimate of drug-likeness (QED) is 0.253. The molecule has 1 fully saturated rings. The lowest BCUT2D eigenvalue weighted by molar-refractivity contribution is -0.123. The van der Waals surface area contributed by atoms with Crippen molar-refractivity contribution in [2.24, 2.45) is 0 Å². The summed E-state index contributed by atoms with van der Waals surface area (Å²) in [4.78, 5) is 37.4. The first-order chi connectivity index (χ1) is 18.5. The van der Waals surface area contributed by atoms with Crippen LogP contribution in [0, 0.1) is 5.82 Å². The van der Waals surface area contributed by atoms with Gasteiger partial charge in [0, 0.05) is 18.2 Å². The van der Waals surface area contributed by atoms with E-state index in [1.807, 2.05) is 0 Å². The van der Waals surface area contributed by atoms with Crippen molar-refractivity contribution in [3.05, 3.63) is 87.0 Å². The number of methoxy groups -OCH3 is 1. The Morgan fingerprint density at radius 1 is 1.13 bits per heavy atom. The summed E-state index contributed by atoms with van der Waals surface area (Å²) in [5.74, 6) is -1.50. The number of hydrogen-bond donors (Lipinski definition) is 1. The number of hydrogen-bond acceptors (Lipinski definition) is 8. The van der Waals surface area contributed by atoms with E-state index in [1.165, 1.54) is 74.7 Å². The maximum atomic E-state index is 14.0. The fourth-order valence-electron chi connectivity index (χ4n) is 3.55. The minimum absolute atomic E-state index is 0.0413. The Morgan fingerprint density at radius 2 is 1.82 bits per heavy atom. The van der Waals surface area contributed by atoms with Crippen molar-refractivity contribution >= 4 is 66.6 Å². The number of amides is 3. The number of halogens is 2. The van der Waals surface area contributed by atoms with E-state index in [4.69, 9.17) is 8.92 Å². The third-order valence-electron chi connectivity index (χ3n) is 5.37. The minimum Gasteiger partial charge on any atom is -0.493 e. The number of ether oxygens (including phenoxy) is 1. The Balaban J connectivity index is 1.57. The molecular formula is C26H20BrFN2O7S2. The molecule has 1 N–H and O–H groups in total. The molecule has 0 unspecified atom stereocenters. The number of carbonyl (C=O) groups excluding carboxylic acids is 3. The van der Waals surface area contributed by atoms with Crippen LogP contribution in [-0.4, -0.2) is 37.5 Å². The lowest BCUT2D eigenvalue weighted by Crippen LogP contribution is -2.27. The molecule has 39 heavy (non-hydrogen) atoms. The van der Waals surface area contributed by atoms with Gasteiger partial charge in [0.05, 0.1) is 23.0 Å². The first kappa shape index (κ1) is 28.3. The van der Waals surface area contributed by atoms with Crippen LogP contribution < -0.4 is 14.2 Å². The molecule has 1 aliphatic rings. The van der Waals surface area contributed by atoms with Crippen LogP contribution in [0.2, 0.25) is 0 Å². The van der Waals surface area contributed by atoms with Crippen LogP contribution in [-0.2, 0) is 26.3 Å². The Labute approximate surface area is 236 Å². The van der Waals surface area contributed by atoms with Gasteiger partial charge in [0.2, 0.25) is 5.91 Å². The maximum absolute atomic E-state index is 14.0. The number of anilines is 1. The molecule has 4 rings (SSSR count). The zero-order chi connectivity index (χ0) is 28.3. The largest absolute Gasteiger partial charge is 0.493 e. The van der Waals surface area contributed by atoms with E-state index >= 15 is 0 Å². The highest BCUT2D eigenvalue weighted by molar-refractivity contribution is 9.10. The average Bonchev–Trinajstić information content (AvgIpc) is 3.14. The van der Waals surface area contributed by atoms with Crippen molar-refractivity contribution in [2.75, 3.05) is 12.4 Å². The molecule has 13 heteroatoms. The van der Waals surface area contributed by atoms with Gasteiger partial charge in [-0.15, -0.1) is 0 Å². The van der Waals surface area contributed by atoms with E-state index in [-0.39, 0.29) is 43.8 Å². The van der Waals surface area contributed by atoms with Crippen LogP contribution in [0.1, 0.15) is 18.1 Å². The monoisotopic (exact) mass is 634 g/mol. The second-order valence-corrected chi connectivity index (χ2v) is 11.5. The fourth-order valence-corrected chi connectivity index (χ4v) is 6.00. The van der Waals surface area contributed by atoms with Gasteiger partial charge >= 0.3 is 10.1 Å². The van der Waals surface area contributed by atoms with Gasteiger partial charge < -0.3 is 14.2 Å². The fraction of sp³-hybridized carbons (Fsp3) is 0.115. The maximum Gasteiger partial charge on any atom is 0.339 e. The average molecular weight is 635 g/mol. The second kappa shape index (κ2) is 11.6. The summed E-state index contributed by atoms with van der Waals surface area (Å²) >= 11 is 3.99. The standard InChI is InChI=1S/C26H20BrFN2O7S2/c1-15(31)29-18-7-9-19(10-8-18)39(34,35)37-24-20(27)11-16(12-22(24)36-2)13-23-25(32)30(26(33)38-23)14-17-5-3-4-6-21(17)28/h3-13H,14H2,1-2H3,(H,29,31)/b23-13-. The molecule has 1 aliphatic heterocycles. The normalized spacial score (nSPS) is 14.6. The third-order valence-corrected chi connectivity index (χ3v) is 8.10. The summed E-state index contributed by atoms with van der Waals surface area (Å²) < 4.78 is 50.7. The van der Waals surface area contributed by atoms with Crippen molar-refractivity contribution < 1.29 is 36.1 Å². The molecule has 9 nitrogen and oxygen atoms in total. The minimum atomic E-state index is -4.28. The molecule has 0 spiro atoms. The van der Waals surface area contributed by atoms with Crippen LogP contribution in [0.25, 0.3) is 6.08 Å². The summed E-state index contributed by atoms with van der Waals surface area (Å²) in [7, 11) is -2.97. The van der Waals surface area contributed by atoms with Crippen LogP contribution in [0.5, 0.6) is 11.5 Å². The van der Waals surface area contributed by atoms with Crippen molar-refractivity contribution in [3.63, 3.8) is 0 Å². The summed E-state index contributed by atoms with van der Waals surface area (Å²) in [5, 5.41) is 2.00. The van der Waals surface area contributed by atoms with Gasteiger partial charge in [0.1, 0.15) is 10.7 Å². The number of carbonyl (C=O) groups is 3. The third kappa shape index (κ3) is 6.49. The van der Waals surface area contributed by atoms with Gasteiger partial charge in [0.15, 0.2) is 11.5 Å². The van der Waals surface area contributed by atoms with Gasteiger partial charge in [0.25, 0.3) is 11.1 Å². The predicted molar refractivity (Wildman–Crippen MR) is 147 cm³/mol. The predicted octanol–water partition coefficient (Wildman–Crippen LogP) is 5.56. The Morgan fingerprint density at radius 3 is 2.46 bits per heavy atom. The van der Waals surface area contributed by atoms with Crippen molar-refractivity contribution in [3.8, 4) is 11.5 Å². The summed E-state index contributed by atoms with van der Waals surface area (Å²) in [5.41, 5.74) is 1.04. The number of benzene rings is 3. The molecule has 0 radical (unpaired) electrons. The van der Waals surface area contributed by atoms with Crippen molar-refractivity contribution in [1.29, 1.82) is 0 Å². The zero-order valence-electron chi connectivity index (χ0n) is 20.4. The summed E-state index contributed by atoms with van der Waals surface area (Å²) in [6.45, 7) is 1.12. The highest BCUT2D eigenvalue weighted by Gasteiger charge is 2.35. The molecule has 0 bridgehead atoms. The molecule has 0 aromatic heterocycles.